The van der Waals surface area contributed by atoms with E-state index in [0.29, 0.717) is 28.4 Å². The van der Waals surface area contributed by atoms with Gasteiger partial charge in [0.15, 0.2) is 5.65 Å². The van der Waals surface area contributed by atoms with Gasteiger partial charge in [-0.3, -0.25) is 14.2 Å². The van der Waals surface area contributed by atoms with Gasteiger partial charge in [-0.2, -0.15) is 5.10 Å². The molecular weight excluding hydrogens is 387 g/mol. The van der Waals surface area contributed by atoms with E-state index in [1.165, 1.54) is 27.6 Å². The molecule has 0 aliphatic heterocycles. The van der Waals surface area contributed by atoms with Crippen LogP contribution in [-0.2, 0) is 11.3 Å². The van der Waals surface area contributed by atoms with Crippen molar-refractivity contribution in [2.75, 3.05) is 5.32 Å². The number of anilines is 1. The summed E-state index contributed by atoms with van der Waals surface area (Å²) in [4.78, 5) is 33.8. The average molecular weight is 406 g/mol. The number of aryl methyl sites for hydroxylation is 2. The zero-order valence-corrected chi connectivity index (χ0v) is 16.5. The van der Waals surface area contributed by atoms with Gasteiger partial charge < -0.3 is 5.32 Å². The molecule has 1 amide bonds. The number of carbonyl (C=O) groups excluding carboxylic acids is 1. The smallest absolute Gasteiger partial charge is 0.264 e. The van der Waals surface area contributed by atoms with Crippen LogP contribution in [0, 0.1) is 19.7 Å². The zero-order valence-electron chi connectivity index (χ0n) is 16.5. The second-order valence-electron chi connectivity index (χ2n) is 6.90. The summed E-state index contributed by atoms with van der Waals surface area (Å²) in [5.74, 6) is 0.318. The van der Waals surface area contributed by atoms with Gasteiger partial charge in [0, 0.05) is 19.2 Å². The Morgan fingerprint density at radius 2 is 1.93 bits per heavy atom. The Morgan fingerprint density at radius 1 is 1.17 bits per heavy atom. The van der Waals surface area contributed by atoms with Gasteiger partial charge in [0.1, 0.15) is 22.8 Å². The Bertz CT molecular complexity index is 1290. The van der Waals surface area contributed by atoms with E-state index >= 15 is 0 Å². The number of halogens is 1. The number of pyridine rings is 1. The fourth-order valence-electron chi connectivity index (χ4n) is 3.16. The number of hydrogen-bond acceptors (Lipinski definition) is 5. The molecule has 0 aliphatic carbocycles. The van der Waals surface area contributed by atoms with Crippen molar-refractivity contribution in [3.8, 4) is 5.69 Å². The molecule has 30 heavy (non-hydrogen) atoms. The van der Waals surface area contributed by atoms with Crippen molar-refractivity contribution < 1.29 is 9.18 Å². The Kier molecular flexibility index (Phi) is 5.09. The third-order valence-electron chi connectivity index (χ3n) is 4.69. The number of rotatable bonds is 5. The first-order chi connectivity index (χ1) is 14.4. The van der Waals surface area contributed by atoms with Crippen molar-refractivity contribution in [3.05, 3.63) is 76.4 Å². The number of fused-ring (bicyclic) bond motifs is 1. The maximum absolute atomic E-state index is 13.2. The van der Waals surface area contributed by atoms with Crippen LogP contribution in [0.25, 0.3) is 16.7 Å². The molecule has 0 atom stereocenters. The molecule has 0 spiro atoms. The predicted molar refractivity (Wildman–Crippen MR) is 110 cm³/mol. The lowest BCUT2D eigenvalue weighted by molar-refractivity contribution is -0.116. The highest BCUT2D eigenvalue weighted by atomic mass is 19.1. The van der Waals surface area contributed by atoms with Crippen LogP contribution in [-0.4, -0.2) is 30.2 Å². The molecular formula is C21H19FN6O2. The molecule has 9 heteroatoms. The molecule has 152 valence electrons. The zero-order chi connectivity index (χ0) is 21.3. The predicted octanol–water partition coefficient (Wildman–Crippen LogP) is 2.76. The van der Waals surface area contributed by atoms with Crippen molar-refractivity contribution in [1.82, 2.24) is 24.3 Å². The first kappa shape index (κ1) is 19.4. The van der Waals surface area contributed by atoms with E-state index in [1.54, 1.807) is 31.3 Å². The van der Waals surface area contributed by atoms with Gasteiger partial charge in [0.25, 0.3) is 5.56 Å². The normalized spacial score (nSPS) is 11.0. The summed E-state index contributed by atoms with van der Waals surface area (Å²) in [5, 5.41) is 7.28. The van der Waals surface area contributed by atoms with Crippen molar-refractivity contribution in [3.63, 3.8) is 0 Å². The molecule has 0 saturated heterocycles. The number of carbonyl (C=O) groups is 1. The molecule has 0 saturated carbocycles. The Balaban J connectivity index is 1.57. The second-order valence-corrected chi connectivity index (χ2v) is 6.90. The highest BCUT2D eigenvalue weighted by Gasteiger charge is 2.15. The van der Waals surface area contributed by atoms with E-state index in [2.05, 4.69) is 20.4 Å². The largest absolute Gasteiger partial charge is 0.311 e. The van der Waals surface area contributed by atoms with Crippen molar-refractivity contribution in [2.24, 2.45) is 0 Å². The molecule has 0 aliphatic rings. The van der Waals surface area contributed by atoms with Gasteiger partial charge in [-0.15, -0.1) is 0 Å². The Hall–Kier alpha value is -3.88. The minimum absolute atomic E-state index is 0.0929. The summed E-state index contributed by atoms with van der Waals surface area (Å²) in [7, 11) is 0. The molecule has 0 radical (unpaired) electrons. The van der Waals surface area contributed by atoms with Gasteiger partial charge in [-0.05, 0) is 55.8 Å². The van der Waals surface area contributed by atoms with Crippen molar-refractivity contribution >= 4 is 22.8 Å². The average Bonchev–Trinajstić information content (AvgIpc) is 3.12. The fraction of sp³-hybridized carbons (Fsp3) is 0.190. The highest BCUT2D eigenvalue weighted by molar-refractivity contribution is 5.89. The van der Waals surface area contributed by atoms with Gasteiger partial charge in [-0.1, -0.05) is 0 Å². The van der Waals surface area contributed by atoms with E-state index in [1.807, 2.05) is 13.0 Å². The van der Waals surface area contributed by atoms with Crippen LogP contribution in [0.1, 0.15) is 17.8 Å². The van der Waals surface area contributed by atoms with Crippen LogP contribution < -0.4 is 10.9 Å². The van der Waals surface area contributed by atoms with Crippen LogP contribution in [0.2, 0.25) is 0 Å². The summed E-state index contributed by atoms with van der Waals surface area (Å²) in [6, 6.07) is 9.37. The van der Waals surface area contributed by atoms with E-state index in [9.17, 15) is 14.0 Å². The third kappa shape index (κ3) is 3.82. The second kappa shape index (κ2) is 7.86. The summed E-state index contributed by atoms with van der Waals surface area (Å²) in [6.07, 6.45) is 3.15. The number of benzene rings is 1. The lowest BCUT2D eigenvalue weighted by Gasteiger charge is -2.10. The molecule has 4 rings (SSSR count). The SMILES string of the molecule is Cc1ccnc(NC(=O)CCn2c(C)nc3c(cnn3-c3ccc(F)cc3)c2=O)c1. The first-order valence-corrected chi connectivity index (χ1v) is 9.36. The van der Waals surface area contributed by atoms with Crippen LogP contribution in [0.15, 0.2) is 53.6 Å². The number of hydrogen-bond donors (Lipinski definition) is 1. The van der Waals surface area contributed by atoms with Crippen LogP contribution in [0.5, 0.6) is 0 Å². The van der Waals surface area contributed by atoms with E-state index in [0.717, 1.165) is 5.56 Å². The maximum atomic E-state index is 13.2. The summed E-state index contributed by atoms with van der Waals surface area (Å²) in [5.41, 5.74) is 1.68. The molecule has 3 aromatic heterocycles. The lowest BCUT2D eigenvalue weighted by Crippen LogP contribution is -2.26. The third-order valence-corrected chi connectivity index (χ3v) is 4.69. The summed E-state index contributed by atoms with van der Waals surface area (Å²) >= 11 is 0. The van der Waals surface area contributed by atoms with E-state index in [4.69, 9.17) is 0 Å². The standard InChI is InChI=1S/C21H19FN6O2/c1-13-7-9-23-18(11-13)26-19(29)8-10-27-14(2)25-20-17(21(27)30)12-24-28(20)16-5-3-15(22)4-6-16/h3-7,9,11-12H,8,10H2,1-2H3,(H,23,26,29). The molecule has 0 fully saturated rings. The number of nitrogens with one attached hydrogen (secondary N) is 1. The molecule has 1 N–H and O–H groups in total. The minimum Gasteiger partial charge on any atom is -0.311 e. The van der Waals surface area contributed by atoms with Crippen LogP contribution >= 0.6 is 0 Å². The van der Waals surface area contributed by atoms with Gasteiger partial charge in [-0.25, -0.2) is 19.0 Å². The number of aromatic nitrogens is 5. The summed E-state index contributed by atoms with van der Waals surface area (Å²) < 4.78 is 16.1. The highest BCUT2D eigenvalue weighted by Crippen LogP contribution is 2.15. The molecule has 3 heterocycles. The number of nitrogens with zero attached hydrogens (tertiary/aromatic N) is 5. The molecule has 0 bridgehead atoms. The number of amides is 1. The Labute approximate surface area is 171 Å². The van der Waals surface area contributed by atoms with Gasteiger partial charge in [0.05, 0.1) is 11.9 Å². The van der Waals surface area contributed by atoms with Crippen molar-refractivity contribution in [2.45, 2.75) is 26.8 Å². The lowest BCUT2D eigenvalue weighted by atomic mass is 10.3. The van der Waals surface area contributed by atoms with Gasteiger partial charge >= 0.3 is 0 Å². The van der Waals surface area contributed by atoms with Crippen LogP contribution in [0.4, 0.5) is 10.2 Å². The quantitative estimate of drug-likeness (QED) is 0.550. The molecule has 1 aromatic carbocycles. The Morgan fingerprint density at radius 3 is 2.67 bits per heavy atom. The first-order valence-electron chi connectivity index (χ1n) is 9.36. The van der Waals surface area contributed by atoms with E-state index < -0.39 is 0 Å². The topological polar surface area (TPSA) is 94.7 Å². The fourth-order valence-corrected chi connectivity index (χ4v) is 3.16. The minimum atomic E-state index is -0.360. The molecule has 8 nitrogen and oxygen atoms in total. The monoisotopic (exact) mass is 406 g/mol. The summed E-state index contributed by atoms with van der Waals surface area (Å²) in [6.45, 7) is 3.78. The maximum Gasteiger partial charge on any atom is 0.264 e. The van der Waals surface area contributed by atoms with Crippen LogP contribution in [0.3, 0.4) is 0 Å². The van der Waals surface area contributed by atoms with Crippen molar-refractivity contribution in [1.29, 1.82) is 0 Å². The van der Waals surface area contributed by atoms with Gasteiger partial charge in [0.2, 0.25) is 5.91 Å². The van der Waals surface area contributed by atoms with E-state index in [-0.39, 0.29) is 30.2 Å². The molecule has 0 unspecified atom stereocenters. The molecule has 4 aromatic rings.